The minimum absolute atomic E-state index is 1.10. The highest BCUT2D eigenvalue weighted by Gasteiger charge is 2.07. The molecule has 0 heteroatoms. The van der Waals surface area contributed by atoms with E-state index in [1.807, 2.05) is 0 Å². The average molecular weight is 391 g/mol. The maximum atomic E-state index is 2.46. The molecule has 4 aromatic rings. The first-order chi connectivity index (χ1) is 14.9. The molecule has 0 amide bonds. The van der Waals surface area contributed by atoms with Crippen LogP contribution in [0.4, 0.5) is 0 Å². The zero-order valence-corrected chi connectivity index (χ0v) is 17.6. The van der Waals surface area contributed by atoms with Crippen LogP contribution in [0.25, 0.3) is 0 Å². The van der Waals surface area contributed by atoms with Gasteiger partial charge in [-0.3, -0.25) is 0 Å². The van der Waals surface area contributed by atoms with Gasteiger partial charge in [0.05, 0.1) is 0 Å². The summed E-state index contributed by atoms with van der Waals surface area (Å²) in [5.74, 6) is 0. The molecule has 0 bridgehead atoms. The molecule has 150 valence electrons. The fraction of sp³-hybridized carbons (Fsp3) is 0.200. The summed E-state index contributed by atoms with van der Waals surface area (Å²) in [7, 11) is 0. The van der Waals surface area contributed by atoms with Crippen molar-refractivity contribution in [2.24, 2.45) is 0 Å². The van der Waals surface area contributed by atoms with E-state index >= 15 is 0 Å². The van der Waals surface area contributed by atoms with Gasteiger partial charge in [-0.25, -0.2) is 0 Å². The minimum atomic E-state index is 1.10. The molecule has 0 aliphatic carbocycles. The summed E-state index contributed by atoms with van der Waals surface area (Å²) in [5, 5.41) is 0. The van der Waals surface area contributed by atoms with E-state index in [1.54, 1.807) is 0 Å². The van der Waals surface area contributed by atoms with E-state index in [1.165, 1.54) is 33.4 Å². The van der Waals surface area contributed by atoms with Gasteiger partial charge in [-0.05, 0) is 71.9 Å². The van der Waals surface area contributed by atoms with Crippen LogP contribution in [-0.2, 0) is 38.5 Å². The molecule has 30 heavy (non-hydrogen) atoms. The van der Waals surface area contributed by atoms with E-state index in [2.05, 4.69) is 109 Å². The van der Waals surface area contributed by atoms with Crippen LogP contribution < -0.4 is 0 Å². The third-order valence-electron chi connectivity index (χ3n) is 5.87. The molecule has 4 rings (SSSR count). The Balaban J connectivity index is 1.48. The highest BCUT2D eigenvalue weighted by Crippen LogP contribution is 2.19. The quantitative estimate of drug-likeness (QED) is 0.287. The molecule has 0 aromatic heterocycles. The standard InChI is InChI=1S/C30H30/c1-4-10-25(11-5-1)16-17-28-20-22-29(21-18-26-12-6-2-7-13-26)30(24-28)23-19-27-14-8-3-9-15-27/h1-15,20,22,24H,16-19,21,23H2. The van der Waals surface area contributed by atoms with Crippen molar-refractivity contribution in [3.8, 4) is 0 Å². The van der Waals surface area contributed by atoms with Crippen LogP contribution in [0.3, 0.4) is 0 Å². The van der Waals surface area contributed by atoms with Gasteiger partial charge in [0.25, 0.3) is 0 Å². The molecule has 0 unspecified atom stereocenters. The Morgan fingerprint density at radius 3 is 1.20 bits per heavy atom. The van der Waals surface area contributed by atoms with E-state index in [4.69, 9.17) is 0 Å². The predicted molar refractivity (Wildman–Crippen MR) is 128 cm³/mol. The van der Waals surface area contributed by atoms with Crippen LogP contribution in [0.15, 0.2) is 109 Å². The SMILES string of the molecule is c1ccc(CCc2ccc(CCc3ccccc3)c(CCc3ccccc3)c2)cc1. The number of aryl methyl sites for hydroxylation is 6. The van der Waals surface area contributed by atoms with Crippen LogP contribution in [0.2, 0.25) is 0 Å². The summed E-state index contributed by atoms with van der Waals surface area (Å²) in [4.78, 5) is 0. The van der Waals surface area contributed by atoms with Gasteiger partial charge in [0.2, 0.25) is 0 Å². The molecule has 0 atom stereocenters. The number of hydrogen-bond donors (Lipinski definition) is 0. The Labute approximate surface area is 181 Å². The van der Waals surface area contributed by atoms with E-state index in [0.717, 1.165) is 38.5 Å². The van der Waals surface area contributed by atoms with Crippen LogP contribution in [0.5, 0.6) is 0 Å². The lowest BCUT2D eigenvalue weighted by atomic mass is 9.92. The summed E-state index contributed by atoms with van der Waals surface area (Å²) in [5.41, 5.74) is 8.71. The van der Waals surface area contributed by atoms with Crippen molar-refractivity contribution in [3.05, 3.63) is 143 Å². The Morgan fingerprint density at radius 1 is 0.300 bits per heavy atom. The zero-order chi connectivity index (χ0) is 20.4. The molecule has 0 radical (unpaired) electrons. The van der Waals surface area contributed by atoms with Crippen LogP contribution >= 0.6 is 0 Å². The van der Waals surface area contributed by atoms with Gasteiger partial charge in [0.15, 0.2) is 0 Å². The van der Waals surface area contributed by atoms with Crippen molar-refractivity contribution < 1.29 is 0 Å². The molecule has 0 saturated carbocycles. The molecule has 0 heterocycles. The fourth-order valence-corrected chi connectivity index (χ4v) is 4.09. The first-order valence-electron chi connectivity index (χ1n) is 11.1. The average Bonchev–Trinajstić information content (AvgIpc) is 2.82. The Kier molecular flexibility index (Phi) is 7.12. The van der Waals surface area contributed by atoms with Gasteiger partial charge in [0.1, 0.15) is 0 Å². The van der Waals surface area contributed by atoms with Gasteiger partial charge < -0.3 is 0 Å². The zero-order valence-electron chi connectivity index (χ0n) is 17.6. The van der Waals surface area contributed by atoms with Crippen molar-refractivity contribution in [1.29, 1.82) is 0 Å². The second kappa shape index (κ2) is 10.6. The van der Waals surface area contributed by atoms with Crippen molar-refractivity contribution in [3.63, 3.8) is 0 Å². The van der Waals surface area contributed by atoms with Gasteiger partial charge in [-0.15, -0.1) is 0 Å². The molecule has 4 aromatic carbocycles. The van der Waals surface area contributed by atoms with Gasteiger partial charge in [0, 0.05) is 0 Å². The third-order valence-corrected chi connectivity index (χ3v) is 5.87. The monoisotopic (exact) mass is 390 g/mol. The van der Waals surface area contributed by atoms with Crippen LogP contribution in [-0.4, -0.2) is 0 Å². The molecular weight excluding hydrogens is 360 g/mol. The van der Waals surface area contributed by atoms with Gasteiger partial charge >= 0.3 is 0 Å². The summed E-state index contributed by atoms with van der Waals surface area (Å²) in [6.45, 7) is 0. The first-order valence-corrected chi connectivity index (χ1v) is 11.1. The summed E-state index contributed by atoms with van der Waals surface area (Å²) in [6, 6.07) is 39.7. The minimum Gasteiger partial charge on any atom is -0.0622 e. The lowest BCUT2D eigenvalue weighted by Gasteiger charge is -2.13. The highest BCUT2D eigenvalue weighted by atomic mass is 14.1. The van der Waals surface area contributed by atoms with Gasteiger partial charge in [-0.2, -0.15) is 0 Å². The molecular formula is C30H30. The van der Waals surface area contributed by atoms with Crippen LogP contribution in [0, 0.1) is 0 Å². The topological polar surface area (TPSA) is 0 Å². The lowest BCUT2D eigenvalue weighted by Crippen LogP contribution is -2.02. The maximum absolute atomic E-state index is 2.46. The molecule has 0 aliphatic rings. The van der Waals surface area contributed by atoms with Crippen molar-refractivity contribution in [2.75, 3.05) is 0 Å². The number of hydrogen-bond acceptors (Lipinski definition) is 0. The highest BCUT2D eigenvalue weighted by molar-refractivity contribution is 5.35. The molecule has 0 spiro atoms. The fourth-order valence-electron chi connectivity index (χ4n) is 4.09. The van der Waals surface area contributed by atoms with E-state index in [0.29, 0.717) is 0 Å². The summed E-state index contributed by atoms with van der Waals surface area (Å²) >= 11 is 0. The smallest absolute Gasteiger partial charge is 0.0235 e. The number of benzene rings is 4. The second-order valence-corrected chi connectivity index (χ2v) is 8.06. The summed E-state index contributed by atoms with van der Waals surface area (Å²) < 4.78 is 0. The first kappa shape index (κ1) is 20.2. The summed E-state index contributed by atoms with van der Waals surface area (Å²) in [6.07, 6.45) is 6.61. The Bertz CT molecular complexity index is 1020. The largest absolute Gasteiger partial charge is 0.0622 e. The predicted octanol–water partition coefficient (Wildman–Crippen LogP) is 7.04. The molecule has 0 N–H and O–H groups in total. The van der Waals surface area contributed by atoms with Crippen molar-refractivity contribution >= 4 is 0 Å². The van der Waals surface area contributed by atoms with E-state index in [9.17, 15) is 0 Å². The number of rotatable bonds is 9. The molecule has 0 aliphatic heterocycles. The van der Waals surface area contributed by atoms with Crippen molar-refractivity contribution in [2.45, 2.75) is 38.5 Å². The van der Waals surface area contributed by atoms with Gasteiger partial charge in [-0.1, -0.05) is 109 Å². The van der Waals surface area contributed by atoms with E-state index in [-0.39, 0.29) is 0 Å². The maximum Gasteiger partial charge on any atom is -0.0235 e. The van der Waals surface area contributed by atoms with Crippen molar-refractivity contribution in [1.82, 2.24) is 0 Å². The normalized spacial score (nSPS) is 10.8. The van der Waals surface area contributed by atoms with E-state index < -0.39 is 0 Å². The lowest BCUT2D eigenvalue weighted by molar-refractivity contribution is 0.881. The molecule has 0 nitrogen and oxygen atoms in total. The van der Waals surface area contributed by atoms with Crippen LogP contribution in [0.1, 0.15) is 33.4 Å². The molecule has 0 fully saturated rings. The molecule has 0 saturated heterocycles. The Morgan fingerprint density at radius 2 is 0.700 bits per heavy atom. The third kappa shape index (κ3) is 5.94. The second-order valence-electron chi connectivity index (χ2n) is 8.06. The Hall–Kier alpha value is -3.12.